The fourth-order valence-corrected chi connectivity index (χ4v) is 5.34. The molecule has 2 bridgehead atoms. The van der Waals surface area contributed by atoms with Crippen LogP contribution >= 0.6 is 0 Å². The second-order valence-electron chi connectivity index (χ2n) is 8.44. The van der Waals surface area contributed by atoms with Crippen molar-refractivity contribution in [2.75, 3.05) is 12.4 Å². The molecule has 2 aliphatic carbocycles. The molecule has 158 valence electrons. The lowest BCUT2D eigenvalue weighted by molar-refractivity contribution is -0.147. The third-order valence-corrected chi connectivity index (χ3v) is 6.76. The summed E-state index contributed by atoms with van der Waals surface area (Å²) in [6.07, 6.45) is 5.24. The van der Waals surface area contributed by atoms with Crippen LogP contribution in [0.15, 0.2) is 66.7 Å². The number of carbonyl (C=O) groups is 3. The fourth-order valence-electron chi connectivity index (χ4n) is 5.34. The molecule has 3 aliphatic rings. The van der Waals surface area contributed by atoms with E-state index in [2.05, 4.69) is 17.5 Å². The van der Waals surface area contributed by atoms with Crippen molar-refractivity contribution in [3.8, 4) is 5.75 Å². The molecule has 1 N–H and O–H groups in total. The molecule has 2 aromatic rings. The van der Waals surface area contributed by atoms with Crippen LogP contribution in [0.1, 0.15) is 12.0 Å². The van der Waals surface area contributed by atoms with Gasteiger partial charge < -0.3 is 10.1 Å². The first-order valence-electron chi connectivity index (χ1n) is 10.6. The zero-order valence-electron chi connectivity index (χ0n) is 17.2. The molecule has 0 aromatic heterocycles. The summed E-state index contributed by atoms with van der Waals surface area (Å²) in [6, 6.07) is 15.7. The number of nitrogens with zero attached hydrogens (tertiary/aromatic N) is 1. The molecule has 31 heavy (non-hydrogen) atoms. The molecule has 1 aliphatic heterocycles. The molecule has 2 aromatic carbocycles. The Balaban J connectivity index is 1.47. The van der Waals surface area contributed by atoms with E-state index in [1.165, 1.54) is 12.0 Å². The Bertz CT molecular complexity index is 1030. The Hall–Kier alpha value is -3.41. The van der Waals surface area contributed by atoms with Crippen LogP contribution in [0.25, 0.3) is 0 Å². The zero-order valence-corrected chi connectivity index (χ0v) is 17.2. The first-order valence-corrected chi connectivity index (χ1v) is 10.6. The lowest BCUT2D eigenvalue weighted by Gasteiger charge is -2.27. The van der Waals surface area contributed by atoms with Crippen molar-refractivity contribution in [3.63, 3.8) is 0 Å². The molecule has 1 heterocycles. The number of methoxy groups -OCH3 is 1. The van der Waals surface area contributed by atoms with Gasteiger partial charge in [0.15, 0.2) is 0 Å². The minimum atomic E-state index is -0.919. The maximum Gasteiger partial charge on any atom is 0.248 e. The first-order chi connectivity index (χ1) is 15.1. The van der Waals surface area contributed by atoms with E-state index in [4.69, 9.17) is 4.74 Å². The highest BCUT2D eigenvalue weighted by Gasteiger charge is 2.61. The van der Waals surface area contributed by atoms with Crippen molar-refractivity contribution >= 4 is 23.4 Å². The lowest BCUT2D eigenvalue weighted by atomic mass is 9.85. The Morgan fingerprint density at radius 2 is 1.61 bits per heavy atom. The number of rotatable bonds is 6. The number of hydrogen-bond donors (Lipinski definition) is 1. The third-order valence-electron chi connectivity index (χ3n) is 6.76. The van der Waals surface area contributed by atoms with Gasteiger partial charge in [-0.2, -0.15) is 0 Å². The normalized spacial score (nSPS) is 26.8. The highest BCUT2D eigenvalue weighted by Crippen LogP contribution is 2.53. The highest BCUT2D eigenvalue weighted by molar-refractivity contribution is 6.11. The van der Waals surface area contributed by atoms with Gasteiger partial charge in [-0.15, -0.1) is 0 Å². The minimum Gasteiger partial charge on any atom is -0.495 e. The molecule has 0 unspecified atom stereocenters. The molecule has 2 fully saturated rings. The van der Waals surface area contributed by atoms with Crippen molar-refractivity contribution in [3.05, 3.63) is 72.3 Å². The number of fused-ring (bicyclic) bond motifs is 5. The van der Waals surface area contributed by atoms with E-state index in [1.807, 2.05) is 36.4 Å². The summed E-state index contributed by atoms with van der Waals surface area (Å²) in [6.45, 7) is 0. The van der Waals surface area contributed by atoms with Gasteiger partial charge in [-0.1, -0.05) is 54.6 Å². The largest absolute Gasteiger partial charge is 0.495 e. The number of amides is 3. The van der Waals surface area contributed by atoms with Crippen LogP contribution in [0.4, 0.5) is 5.69 Å². The van der Waals surface area contributed by atoms with Gasteiger partial charge in [0.1, 0.15) is 11.8 Å². The fraction of sp³-hybridized carbons (Fsp3) is 0.320. The number of nitrogens with one attached hydrogen (secondary N) is 1. The quantitative estimate of drug-likeness (QED) is 0.580. The maximum absolute atomic E-state index is 13.4. The molecular formula is C25H24N2O4. The summed E-state index contributed by atoms with van der Waals surface area (Å²) in [5, 5.41) is 2.88. The van der Waals surface area contributed by atoms with E-state index in [9.17, 15) is 14.4 Å². The number of benzene rings is 2. The first kappa shape index (κ1) is 19.5. The van der Waals surface area contributed by atoms with Gasteiger partial charge in [0, 0.05) is 6.42 Å². The van der Waals surface area contributed by atoms with E-state index < -0.39 is 11.9 Å². The number of hydrogen-bond acceptors (Lipinski definition) is 4. The Morgan fingerprint density at radius 1 is 1.00 bits per heavy atom. The minimum absolute atomic E-state index is 0.103. The Labute approximate surface area is 180 Å². The summed E-state index contributed by atoms with van der Waals surface area (Å²) in [4.78, 5) is 41.4. The van der Waals surface area contributed by atoms with E-state index in [0.29, 0.717) is 11.4 Å². The van der Waals surface area contributed by atoms with Crippen molar-refractivity contribution in [1.29, 1.82) is 0 Å². The maximum atomic E-state index is 13.4. The third kappa shape index (κ3) is 3.23. The average Bonchev–Trinajstić information content (AvgIpc) is 3.47. The average molecular weight is 416 g/mol. The van der Waals surface area contributed by atoms with Crippen LogP contribution in [-0.2, 0) is 20.8 Å². The van der Waals surface area contributed by atoms with Crippen LogP contribution in [0, 0.1) is 23.7 Å². The lowest BCUT2D eigenvalue weighted by Crippen LogP contribution is -2.49. The molecule has 0 spiro atoms. The van der Waals surface area contributed by atoms with Gasteiger partial charge in [0.05, 0.1) is 24.6 Å². The van der Waals surface area contributed by atoms with Gasteiger partial charge in [0.2, 0.25) is 17.7 Å². The van der Waals surface area contributed by atoms with Crippen molar-refractivity contribution in [1.82, 2.24) is 4.90 Å². The van der Waals surface area contributed by atoms with Gasteiger partial charge in [-0.3, -0.25) is 19.3 Å². The second kappa shape index (κ2) is 7.69. The molecule has 1 saturated heterocycles. The number of likely N-dealkylation sites (tertiary alicyclic amines) is 1. The van der Waals surface area contributed by atoms with Gasteiger partial charge in [-0.05, 0) is 36.0 Å². The van der Waals surface area contributed by atoms with E-state index >= 15 is 0 Å². The van der Waals surface area contributed by atoms with Crippen LogP contribution in [0.2, 0.25) is 0 Å². The van der Waals surface area contributed by atoms with E-state index in [0.717, 1.165) is 12.0 Å². The molecule has 1 saturated carbocycles. The molecule has 5 rings (SSSR count). The smallest absolute Gasteiger partial charge is 0.248 e. The SMILES string of the molecule is COc1ccccc1NC(=O)[C@H](Cc1ccccc1)N1C(=O)[C@@H]2[C@@H](C1=O)[C@H]1C=C[C@@H]2C1. The summed E-state index contributed by atoms with van der Waals surface area (Å²) >= 11 is 0. The molecule has 5 atom stereocenters. The highest BCUT2D eigenvalue weighted by atomic mass is 16.5. The van der Waals surface area contributed by atoms with Gasteiger partial charge in [0.25, 0.3) is 0 Å². The zero-order chi connectivity index (χ0) is 21.5. The topological polar surface area (TPSA) is 75.7 Å². The molecule has 6 heteroatoms. The predicted octanol–water partition coefficient (Wildman–Crippen LogP) is 3.05. The van der Waals surface area contributed by atoms with Gasteiger partial charge in [-0.25, -0.2) is 0 Å². The van der Waals surface area contributed by atoms with Gasteiger partial charge >= 0.3 is 0 Å². The molecule has 3 amide bonds. The Morgan fingerprint density at radius 3 is 2.26 bits per heavy atom. The number of allylic oxidation sites excluding steroid dienone is 2. The van der Waals surface area contributed by atoms with Crippen molar-refractivity contribution in [2.45, 2.75) is 18.9 Å². The van der Waals surface area contributed by atoms with Crippen LogP contribution in [0.3, 0.4) is 0 Å². The summed E-state index contributed by atoms with van der Waals surface area (Å²) < 4.78 is 5.34. The summed E-state index contributed by atoms with van der Waals surface area (Å²) in [7, 11) is 1.53. The monoisotopic (exact) mass is 416 g/mol. The summed E-state index contributed by atoms with van der Waals surface area (Å²) in [5.74, 6) is -0.773. The number of imide groups is 1. The number of ether oxygens (including phenoxy) is 1. The molecule has 6 nitrogen and oxygen atoms in total. The summed E-state index contributed by atoms with van der Waals surface area (Å²) in [5.41, 5.74) is 1.40. The van der Waals surface area contributed by atoms with Crippen molar-refractivity contribution in [2.24, 2.45) is 23.7 Å². The predicted molar refractivity (Wildman–Crippen MR) is 115 cm³/mol. The molecular weight excluding hydrogens is 392 g/mol. The van der Waals surface area contributed by atoms with E-state index in [-0.39, 0.29) is 41.9 Å². The number of anilines is 1. The van der Waals surface area contributed by atoms with E-state index in [1.54, 1.807) is 18.2 Å². The second-order valence-corrected chi connectivity index (χ2v) is 8.44. The number of para-hydroxylation sites is 2. The van der Waals surface area contributed by atoms with Crippen molar-refractivity contribution < 1.29 is 19.1 Å². The number of carbonyl (C=O) groups excluding carboxylic acids is 3. The van der Waals surface area contributed by atoms with Crippen LogP contribution in [-0.4, -0.2) is 35.8 Å². The standard InChI is InChI=1S/C25H24N2O4/c1-31-20-10-6-5-9-18(20)26-23(28)19(13-15-7-3-2-4-8-15)27-24(29)21-16-11-12-17(14-16)22(21)25(27)30/h2-12,16-17,19,21-22H,13-14H2,1H3,(H,26,28)/t16-,17+,19-,21-,22-/m0/s1. The van der Waals surface area contributed by atoms with Crippen LogP contribution < -0.4 is 10.1 Å². The Kier molecular flexibility index (Phi) is 4.85. The van der Waals surface area contributed by atoms with Crippen LogP contribution in [0.5, 0.6) is 5.75 Å². The molecule has 0 radical (unpaired) electrons.